The monoisotopic (exact) mass is 358 g/mol. The van der Waals surface area contributed by atoms with E-state index in [1.165, 1.54) is 11.2 Å². The fourth-order valence-corrected chi connectivity index (χ4v) is 1.92. The molecule has 0 aliphatic heterocycles. The molecule has 0 atom stereocenters. The van der Waals surface area contributed by atoms with E-state index in [-0.39, 0.29) is 18.8 Å². The van der Waals surface area contributed by atoms with Gasteiger partial charge >= 0.3 is 0 Å². The van der Waals surface area contributed by atoms with E-state index >= 15 is 0 Å². The van der Waals surface area contributed by atoms with Crippen molar-refractivity contribution in [3.63, 3.8) is 0 Å². The fourth-order valence-electron chi connectivity index (χ4n) is 1.69. The van der Waals surface area contributed by atoms with Crippen molar-refractivity contribution in [3.8, 4) is 12.1 Å². The fraction of sp³-hybridized carbons (Fsp3) is 0.154. The molecule has 0 amide bonds. The zero-order chi connectivity index (χ0) is 15.9. The lowest BCUT2D eigenvalue weighted by molar-refractivity contribution is 0.929. The van der Waals surface area contributed by atoms with Gasteiger partial charge in [0.2, 0.25) is 0 Å². The van der Waals surface area contributed by atoms with Crippen molar-refractivity contribution >= 4 is 39.1 Å². The van der Waals surface area contributed by atoms with E-state index < -0.39 is 0 Å². The third-order valence-electron chi connectivity index (χ3n) is 2.66. The topological polar surface area (TPSA) is 128 Å². The SMILES string of the molecule is N#CCN(CC#N)c1ncnc(Nc2ccc(Br)cn2)c1N. The van der Waals surface area contributed by atoms with Crippen LogP contribution in [0.4, 0.5) is 23.1 Å². The molecule has 2 aromatic heterocycles. The highest BCUT2D eigenvalue weighted by molar-refractivity contribution is 9.10. The lowest BCUT2D eigenvalue weighted by Crippen LogP contribution is -2.26. The third kappa shape index (κ3) is 3.59. The van der Waals surface area contributed by atoms with Crippen molar-refractivity contribution in [2.24, 2.45) is 0 Å². The molecule has 0 radical (unpaired) electrons. The Morgan fingerprint density at radius 1 is 1.18 bits per heavy atom. The molecule has 2 heterocycles. The number of nitrogens with two attached hydrogens (primary N) is 1. The molecule has 3 N–H and O–H groups in total. The molecule has 8 nitrogen and oxygen atoms in total. The predicted octanol–water partition coefficient (Wildman–Crippen LogP) is 1.81. The quantitative estimate of drug-likeness (QED) is 0.774. The first-order chi connectivity index (χ1) is 10.7. The van der Waals surface area contributed by atoms with Crippen LogP contribution in [0.5, 0.6) is 0 Å². The van der Waals surface area contributed by atoms with E-state index in [2.05, 4.69) is 36.2 Å². The Kier molecular flexibility index (Phi) is 5.07. The molecule has 9 heteroatoms. The molecule has 2 rings (SSSR count). The highest BCUT2D eigenvalue weighted by Gasteiger charge is 2.15. The van der Waals surface area contributed by atoms with Gasteiger partial charge < -0.3 is 16.0 Å². The molecule has 22 heavy (non-hydrogen) atoms. The minimum absolute atomic E-state index is 0.00471. The van der Waals surface area contributed by atoms with Crippen LogP contribution in [-0.2, 0) is 0 Å². The second-order valence-corrected chi connectivity index (χ2v) is 5.03. The summed E-state index contributed by atoms with van der Waals surface area (Å²) in [5, 5.41) is 20.6. The molecule has 0 aromatic carbocycles. The number of hydrogen-bond acceptors (Lipinski definition) is 8. The lowest BCUT2D eigenvalue weighted by Gasteiger charge is -2.19. The lowest BCUT2D eigenvalue weighted by atomic mass is 10.3. The summed E-state index contributed by atoms with van der Waals surface area (Å²) >= 11 is 3.30. The molecule has 0 fully saturated rings. The van der Waals surface area contributed by atoms with Crippen molar-refractivity contribution in [1.82, 2.24) is 15.0 Å². The molecular weight excluding hydrogens is 348 g/mol. The van der Waals surface area contributed by atoms with Crippen molar-refractivity contribution in [2.75, 3.05) is 29.0 Å². The molecular formula is C13H11BrN8. The molecule has 0 unspecified atom stereocenters. The minimum atomic E-state index is 0.00471. The number of nitrogens with zero attached hydrogens (tertiary/aromatic N) is 6. The van der Waals surface area contributed by atoms with Crippen LogP contribution in [0.2, 0.25) is 0 Å². The van der Waals surface area contributed by atoms with Crippen molar-refractivity contribution < 1.29 is 0 Å². The predicted molar refractivity (Wildman–Crippen MR) is 85.1 cm³/mol. The summed E-state index contributed by atoms with van der Waals surface area (Å²) in [6.07, 6.45) is 2.95. The van der Waals surface area contributed by atoms with Crippen molar-refractivity contribution in [2.45, 2.75) is 0 Å². The average Bonchev–Trinajstić information content (AvgIpc) is 2.51. The maximum absolute atomic E-state index is 8.83. The van der Waals surface area contributed by atoms with Gasteiger partial charge in [0.05, 0.1) is 12.1 Å². The summed E-state index contributed by atoms with van der Waals surface area (Å²) in [5.74, 6) is 1.25. The van der Waals surface area contributed by atoms with Crippen LogP contribution in [0.1, 0.15) is 0 Å². The van der Waals surface area contributed by atoms with Crippen LogP contribution < -0.4 is 16.0 Å². The highest BCUT2D eigenvalue weighted by atomic mass is 79.9. The Labute approximate surface area is 135 Å². The first-order valence-electron chi connectivity index (χ1n) is 6.13. The van der Waals surface area contributed by atoms with Crippen LogP contribution in [0.3, 0.4) is 0 Å². The summed E-state index contributed by atoms with van der Waals surface area (Å²) < 4.78 is 0.851. The molecule has 0 aliphatic carbocycles. The molecule has 2 aromatic rings. The van der Waals surface area contributed by atoms with E-state index in [1.54, 1.807) is 12.3 Å². The van der Waals surface area contributed by atoms with Gasteiger partial charge in [0.25, 0.3) is 0 Å². The van der Waals surface area contributed by atoms with Gasteiger partial charge in [-0.15, -0.1) is 0 Å². The first-order valence-corrected chi connectivity index (χ1v) is 6.93. The number of halogens is 1. The van der Waals surface area contributed by atoms with Crippen LogP contribution in [0, 0.1) is 22.7 Å². The molecule has 0 bridgehead atoms. The summed E-state index contributed by atoms with van der Waals surface area (Å²) in [4.78, 5) is 13.8. The van der Waals surface area contributed by atoms with Gasteiger partial charge in [-0.3, -0.25) is 0 Å². The minimum Gasteiger partial charge on any atom is -0.393 e. The van der Waals surface area contributed by atoms with Crippen molar-refractivity contribution in [3.05, 3.63) is 29.1 Å². The first kappa shape index (κ1) is 15.5. The number of rotatable bonds is 5. The molecule has 0 saturated heterocycles. The molecule has 110 valence electrons. The van der Waals surface area contributed by atoms with E-state index in [0.717, 1.165) is 4.47 Å². The number of nitrogen functional groups attached to an aromatic ring is 1. The second kappa shape index (κ2) is 7.20. The number of nitrogens with one attached hydrogen (secondary N) is 1. The van der Waals surface area contributed by atoms with Crippen LogP contribution >= 0.6 is 15.9 Å². The number of hydrogen-bond donors (Lipinski definition) is 2. The number of anilines is 4. The van der Waals surface area contributed by atoms with Crippen molar-refractivity contribution in [1.29, 1.82) is 10.5 Å². The van der Waals surface area contributed by atoms with Gasteiger partial charge in [-0.25, -0.2) is 15.0 Å². The third-order valence-corrected chi connectivity index (χ3v) is 3.13. The number of nitriles is 2. The normalized spacial score (nSPS) is 9.59. The van der Waals surface area contributed by atoms with E-state index in [0.29, 0.717) is 17.5 Å². The van der Waals surface area contributed by atoms with Crippen LogP contribution in [0.15, 0.2) is 29.1 Å². The van der Waals surface area contributed by atoms with Gasteiger partial charge in [-0.05, 0) is 28.1 Å². The second-order valence-electron chi connectivity index (χ2n) is 4.12. The van der Waals surface area contributed by atoms with Gasteiger partial charge in [0.15, 0.2) is 11.6 Å². The van der Waals surface area contributed by atoms with E-state index in [1.807, 2.05) is 18.2 Å². The zero-order valence-electron chi connectivity index (χ0n) is 11.4. The Balaban J connectivity index is 2.30. The Morgan fingerprint density at radius 3 is 2.50 bits per heavy atom. The van der Waals surface area contributed by atoms with Gasteiger partial charge in [-0.2, -0.15) is 10.5 Å². The Hall–Kier alpha value is -2.91. The summed E-state index contributed by atoms with van der Waals surface area (Å²) in [6.45, 7) is 0.00942. The largest absolute Gasteiger partial charge is 0.393 e. The Morgan fingerprint density at radius 2 is 1.91 bits per heavy atom. The number of pyridine rings is 1. The summed E-state index contributed by atoms with van der Waals surface area (Å²) in [5.41, 5.74) is 6.29. The molecule has 0 spiro atoms. The van der Waals surface area contributed by atoms with Gasteiger partial charge in [0.1, 0.15) is 30.9 Å². The van der Waals surface area contributed by atoms with E-state index in [9.17, 15) is 0 Å². The number of aromatic nitrogens is 3. The highest BCUT2D eigenvalue weighted by Crippen LogP contribution is 2.27. The Bertz CT molecular complexity index is 715. The summed E-state index contributed by atoms with van der Waals surface area (Å²) in [7, 11) is 0. The average molecular weight is 359 g/mol. The van der Waals surface area contributed by atoms with Crippen LogP contribution in [-0.4, -0.2) is 28.0 Å². The standard InChI is InChI=1S/C13H11BrN8/c14-9-1-2-10(18-7-9)21-12-11(17)13(20-8-19-12)22(5-3-15)6-4-16/h1-2,7-8H,5-6,17H2,(H,18,19,20,21). The molecule has 0 saturated carbocycles. The van der Waals surface area contributed by atoms with Gasteiger partial charge in [-0.1, -0.05) is 0 Å². The molecule has 0 aliphatic rings. The zero-order valence-corrected chi connectivity index (χ0v) is 12.9. The maximum Gasteiger partial charge on any atom is 0.160 e. The smallest absolute Gasteiger partial charge is 0.160 e. The van der Waals surface area contributed by atoms with Crippen LogP contribution in [0.25, 0.3) is 0 Å². The van der Waals surface area contributed by atoms with E-state index in [4.69, 9.17) is 16.3 Å². The summed E-state index contributed by atoms with van der Waals surface area (Å²) in [6, 6.07) is 7.53. The van der Waals surface area contributed by atoms with Gasteiger partial charge in [0, 0.05) is 10.7 Å². The maximum atomic E-state index is 8.83.